The van der Waals surface area contributed by atoms with Crippen LogP contribution in [0.3, 0.4) is 0 Å². The molecule has 3 aliphatic rings. The molecule has 0 radical (unpaired) electrons. The number of nitrogens with zero attached hydrogens (tertiary/aromatic N) is 6. The Labute approximate surface area is 180 Å². The molecule has 9 heteroatoms. The predicted octanol–water partition coefficient (Wildman–Crippen LogP) is 2.18. The quantitative estimate of drug-likeness (QED) is 0.706. The largest absolute Gasteiger partial charge is 0.406 e. The zero-order valence-electron chi connectivity index (χ0n) is 17.8. The number of aryl methyl sites for hydroxylation is 1. The smallest absolute Gasteiger partial charge is 0.302 e. The molecular weight excluding hydrogens is 399 g/mol. The minimum absolute atomic E-state index is 0.251. The Morgan fingerprint density at radius 1 is 1.10 bits per heavy atom. The number of amidine groups is 1. The highest BCUT2D eigenvalue weighted by atomic mass is 19.1. The molecular formula is C22H26FN6O2+. The van der Waals surface area contributed by atoms with Gasteiger partial charge in [-0.3, -0.25) is 14.6 Å². The number of likely N-dealkylation sites (tertiary alicyclic amines) is 1. The minimum atomic E-state index is -0.667. The van der Waals surface area contributed by atoms with Gasteiger partial charge in [0, 0.05) is 20.1 Å². The Balaban J connectivity index is 1.46. The molecule has 8 nitrogen and oxygen atoms in total. The van der Waals surface area contributed by atoms with E-state index in [9.17, 15) is 14.0 Å². The number of aliphatic imine (C=N–C) groups is 1. The lowest BCUT2D eigenvalue weighted by atomic mass is 10.1. The van der Waals surface area contributed by atoms with Crippen LogP contribution in [0.4, 0.5) is 15.1 Å². The summed E-state index contributed by atoms with van der Waals surface area (Å²) < 4.78 is 17.1. The molecule has 3 amide bonds. The number of urea groups is 1. The van der Waals surface area contributed by atoms with E-state index in [2.05, 4.69) is 9.89 Å². The van der Waals surface area contributed by atoms with Crippen molar-refractivity contribution in [1.29, 1.82) is 0 Å². The van der Waals surface area contributed by atoms with Crippen LogP contribution in [0.15, 0.2) is 35.5 Å². The fourth-order valence-electron chi connectivity index (χ4n) is 4.72. The summed E-state index contributed by atoms with van der Waals surface area (Å²) in [5.74, 6) is 0.409. The second-order valence-corrected chi connectivity index (χ2v) is 8.40. The van der Waals surface area contributed by atoms with Gasteiger partial charge in [0.05, 0.1) is 0 Å². The van der Waals surface area contributed by atoms with Crippen LogP contribution in [0.1, 0.15) is 31.0 Å². The zero-order valence-corrected chi connectivity index (χ0v) is 17.8. The maximum atomic E-state index is 13.4. The zero-order chi connectivity index (χ0) is 21.7. The monoisotopic (exact) mass is 425 g/mol. The average Bonchev–Trinajstić information content (AvgIpc) is 3.28. The first kappa shape index (κ1) is 19.9. The molecule has 0 bridgehead atoms. The highest BCUT2D eigenvalue weighted by Crippen LogP contribution is 2.31. The fourth-order valence-corrected chi connectivity index (χ4v) is 4.72. The summed E-state index contributed by atoms with van der Waals surface area (Å²) in [5.41, 5.74) is 1.62. The number of carbonyl (C=O) groups is 2. The molecule has 5 rings (SSSR count). The lowest BCUT2D eigenvalue weighted by molar-refractivity contribution is -0.676. The molecule has 1 unspecified atom stereocenters. The van der Waals surface area contributed by atoms with E-state index in [-0.39, 0.29) is 17.8 Å². The van der Waals surface area contributed by atoms with Crippen molar-refractivity contribution in [2.75, 3.05) is 33.2 Å². The van der Waals surface area contributed by atoms with Crippen LogP contribution in [-0.2, 0) is 4.79 Å². The Morgan fingerprint density at radius 2 is 1.81 bits per heavy atom. The number of likely N-dealkylation sites (N-methyl/N-ethyl adjacent to an activating group) is 1. The van der Waals surface area contributed by atoms with Crippen molar-refractivity contribution < 1.29 is 18.5 Å². The molecule has 2 aromatic rings. The molecule has 4 heterocycles. The minimum Gasteiger partial charge on any atom is -0.302 e. The van der Waals surface area contributed by atoms with Crippen molar-refractivity contribution in [1.82, 2.24) is 19.3 Å². The third-order valence-electron chi connectivity index (χ3n) is 6.38. The number of piperidine rings is 1. The Bertz CT molecular complexity index is 1070. The molecule has 1 aromatic heterocycles. The van der Waals surface area contributed by atoms with Crippen LogP contribution in [0.5, 0.6) is 0 Å². The second kappa shape index (κ2) is 7.56. The van der Waals surface area contributed by atoms with Gasteiger partial charge in [-0.1, -0.05) is 11.4 Å². The molecule has 1 atom stereocenters. The lowest BCUT2D eigenvalue weighted by Gasteiger charge is -2.35. The van der Waals surface area contributed by atoms with Crippen LogP contribution in [-0.4, -0.2) is 70.3 Å². The summed E-state index contributed by atoms with van der Waals surface area (Å²) in [6.07, 6.45) is 5.43. The van der Waals surface area contributed by atoms with E-state index < -0.39 is 6.04 Å². The summed E-state index contributed by atoms with van der Waals surface area (Å²) in [4.78, 5) is 36.2. The van der Waals surface area contributed by atoms with Crippen LogP contribution < -0.4 is 4.57 Å². The molecule has 3 aliphatic heterocycles. The topological polar surface area (TPSA) is 65.0 Å². The van der Waals surface area contributed by atoms with Gasteiger partial charge < -0.3 is 4.90 Å². The number of amides is 3. The van der Waals surface area contributed by atoms with E-state index in [4.69, 9.17) is 0 Å². The molecule has 162 valence electrons. The van der Waals surface area contributed by atoms with Crippen molar-refractivity contribution in [3.63, 3.8) is 0 Å². The first-order valence-electron chi connectivity index (χ1n) is 10.7. The third-order valence-corrected chi connectivity index (χ3v) is 6.38. The lowest BCUT2D eigenvalue weighted by Crippen LogP contribution is -2.63. The first-order chi connectivity index (χ1) is 15.0. The van der Waals surface area contributed by atoms with Crippen molar-refractivity contribution >= 4 is 23.7 Å². The van der Waals surface area contributed by atoms with E-state index in [0.717, 1.165) is 37.3 Å². The van der Waals surface area contributed by atoms with Crippen LogP contribution in [0.25, 0.3) is 5.69 Å². The summed E-state index contributed by atoms with van der Waals surface area (Å²) >= 11 is 0. The third kappa shape index (κ3) is 3.23. The van der Waals surface area contributed by atoms with Gasteiger partial charge in [0.2, 0.25) is 11.9 Å². The predicted molar refractivity (Wildman–Crippen MR) is 112 cm³/mol. The van der Waals surface area contributed by atoms with Crippen LogP contribution >= 0.6 is 0 Å². The van der Waals surface area contributed by atoms with Gasteiger partial charge in [-0.05, 0) is 57.1 Å². The maximum absolute atomic E-state index is 13.4. The summed E-state index contributed by atoms with van der Waals surface area (Å²) in [5, 5.41) is 0. The average molecular weight is 425 g/mol. The summed E-state index contributed by atoms with van der Waals surface area (Å²) in [6, 6.07) is 5.13. The van der Waals surface area contributed by atoms with Gasteiger partial charge in [0.1, 0.15) is 23.4 Å². The van der Waals surface area contributed by atoms with Crippen molar-refractivity contribution in [2.45, 2.75) is 32.2 Å². The molecule has 2 saturated heterocycles. The number of carbonyl (C=O) groups excluding carboxylic acids is 2. The molecule has 0 aliphatic carbocycles. The van der Waals surface area contributed by atoms with Crippen molar-refractivity contribution in [2.24, 2.45) is 4.99 Å². The second-order valence-electron chi connectivity index (χ2n) is 8.40. The Morgan fingerprint density at radius 3 is 2.52 bits per heavy atom. The van der Waals surface area contributed by atoms with Gasteiger partial charge >= 0.3 is 12.0 Å². The molecule has 0 N–H and O–H groups in total. The molecule has 2 fully saturated rings. The van der Waals surface area contributed by atoms with E-state index in [1.807, 2.05) is 22.3 Å². The number of aromatic nitrogens is 2. The number of halogens is 1. The number of hydrogen-bond donors (Lipinski definition) is 0. The summed E-state index contributed by atoms with van der Waals surface area (Å²) in [7, 11) is 1.66. The maximum Gasteiger partial charge on any atom is 0.406 e. The van der Waals surface area contributed by atoms with Gasteiger partial charge in [0.25, 0.3) is 5.91 Å². The van der Waals surface area contributed by atoms with Crippen molar-refractivity contribution in [3.05, 3.63) is 42.0 Å². The SMILES string of the molecule is Cc1c[n+]2c(n1-c1ccc(F)cc1)N=C1C2C(=O)N(CCN2CCCCC2)C(=O)N1C. The normalized spacial score (nSPS) is 21.4. The standard InChI is InChI=1S/C22H26FN6O2/c1-15-14-28-18-19(24-21(28)29(15)17-8-6-16(23)7-9-17)25(2)22(31)27(20(18)30)13-12-26-10-4-3-5-11-26/h6-9,14,18H,3-5,10-13H2,1-2H3/q+1. The van der Waals surface area contributed by atoms with Gasteiger partial charge in [0.15, 0.2) is 0 Å². The Hall–Kier alpha value is -3.07. The number of hydrogen-bond acceptors (Lipinski definition) is 4. The molecule has 0 spiro atoms. The number of benzene rings is 1. The molecule has 1 aromatic carbocycles. The number of rotatable bonds is 4. The van der Waals surface area contributed by atoms with Gasteiger partial charge in [-0.2, -0.15) is 4.57 Å². The van der Waals surface area contributed by atoms with E-state index in [1.54, 1.807) is 19.2 Å². The highest BCUT2D eigenvalue weighted by molar-refractivity contribution is 6.19. The van der Waals surface area contributed by atoms with Crippen molar-refractivity contribution in [3.8, 4) is 5.69 Å². The summed E-state index contributed by atoms with van der Waals surface area (Å²) in [6.45, 7) is 5.01. The number of imide groups is 1. The van der Waals surface area contributed by atoms with E-state index >= 15 is 0 Å². The first-order valence-corrected chi connectivity index (χ1v) is 10.7. The number of fused-ring (bicyclic) bond motifs is 3. The number of imidazole rings is 1. The van der Waals surface area contributed by atoms with E-state index in [0.29, 0.717) is 24.9 Å². The Kier molecular flexibility index (Phi) is 4.85. The van der Waals surface area contributed by atoms with E-state index in [1.165, 1.54) is 28.4 Å². The highest BCUT2D eigenvalue weighted by Gasteiger charge is 2.53. The molecule has 0 saturated carbocycles. The molecule has 31 heavy (non-hydrogen) atoms. The van der Waals surface area contributed by atoms with Gasteiger partial charge in [-0.15, -0.1) is 0 Å². The van der Waals surface area contributed by atoms with Crippen LogP contribution in [0, 0.1) is 12.7 Å². The van der Waals surface area contributed by atoms with Gasteiger partial charge in [-0.25, -0.2) is 13.8 Å². The fraction of sp³-hybridized carbons (Fsp3) is 0.455. The van der Waals surface area contributed by atoms with Crippen LogP contribution in [0.2, 0.25) is 0 Å².